The fourth-order valence-electron chi connectivity index (χ4n) is 3.61. The number of aliphatic hydroxyl groups is 1. The Balaban J connectivity index is 1.82. The largest absolute Gasteiger partial charge is 0.507 e. The average molecular weight is 429 g/mol. The zero-order valence-electron chi connectivity index (χ0n) is 16.6. The van der Waals surface area contributed by atoms with Gasteiger partial charge < -0.3 is 24.4 Å². The first-order valence-corrected chi connectivity index (χ1v) is 9.83. The van der Waals surface area contributed by atoms with E-state index in [2.05, 4.69) is 0 Å². The number of hydrogen-bond donors (Lipinski definition) is 1. The van der Waals surface area contributed by atoms with E-state index >= 15 is 0 Å². The minimum Gasteiger partial charge on any atom is -0.507 e. The molecule has 1 unspecified atom stereocenters. The van der Waals surface area contributed by atoms with Crippen LogP contribution in [-0.4, -0.2) is 60.6 Å². The van der Waals surface area contributed by atoms with E-state index in [-0.39, 0.29) is 18.1 Å². The summed E-state index contributed by atoms with van der Waals surface area (Å²) in [4.78, 5) is 29.2. The van der Waals surface area contributed by atoms with Crippen molar-refractivity contribution in [3.63, 3.8) is 0 Å². The molecule has 1 amide bonds. The maximum Gasteiger partial charge on any atom is 0.295 e. The number of likely N-dealkylation sites (tertiary alicyclic amines) is 1. The summed E-state index contributed by atoms with van der Waals surface area (Å²) in [7, 11) is 3.78. The first-order valence-electron chi connectivity index (χ1n) is 9.45. The number of hydrogen-bond acceptors (Lipinski definition) is 6. The van der Waals surface area contributed by atoms with Crippen LogP contribution < -0.4 is 9.47 Å². The number of carbonyl (C=O) groups excluding carboxylic acids is 2. The molecule has 0 bridgehead atoms. The second kappa shape index (κ2) is 8.01. The Bertz CT molecular complexity index is 1030. The summed E-state index contributed by atoms with van der Waals surface area (Å²) in [5.74, 6) is -0.571. The molecule has 30 heavy (non-hydrogen) atoms. The van der Waals surface area contributed by atoms with Gasteiger partial charge in [-0.15, -0.1) is 0 Å². The number of fused-ring (bicyclic) bond motifs is 1. The smallest absolute Gasteiger partial charge is 0.295 e. The highest BCUT2D eigenvalue weighted by molar-refractivity contribution is 6.46. The van der Waals surface area contributed by atoms with Crippen molar-refractivity contribution in [2.75, 3.05) is 34.0 Å². The van der Waals surface area contributed by atoms with Crippen LogP contribution in [0.1, 0.15) is 17.2 Å². The molecular weight excluding hydrogens is 408 g/mol. The third kappa shape index (κ3) is 3.62. The van der Waals surface area contributed by atoms with E-state index in [0.717, 1.165) is 0 Å². The number of carbonyl (C=O) groups is 2. The highest BCUT2D eigenvalue weighted by Gasteiger charge is 2.46. The second-order valence-corrected chi connectivity index (χ2v) is 7.85. The third-order valence-corrected chi connectivity index (χ3v) is 5.41. The number of ether oxygens (including phenoxy) is 2. The Morgan fingerprint density at radius 1 is 1.13 bits per heavy atom. The van der Waals surface area contributed by atoms with Crippen molar-refractivity contribution in [3.05, 3.63) is 64.2 Å². The summed E-state index contributed by atoms with van der Waals surface area (Å²) in [5, 5.41) is 11.6. The number of nitrogens with zero attached hydrogens (tertiary/aromatic N) is 2. The molecule has 2 heterocycles. The van der Waals surface area contributed by atoms with E-state index in [1.807, 2.05) is 19.0 Å². The normalized spacial score (nSPS) is 19.7. The van der Waals surface area contributed by atoms with Crippen molar-refractivity contribution in [1.29, 1.82) is 0 Å². The number of rotatable bonds is 5. The Kier molecular flexibility index (Phi) is 5.40. The molecule has 0 radical (unpaired) electrons. The Morgan fingerprint density at radius 3 is 2.53 bits per heavy atom. The lowest BCUT2D eigenvalue weighted by Crippen LogP contribution is -2.35. The summed E-state index contributed by atoms with van der Waals surface area (Å²) in [5.41, 5.74) is 1.11. The van der Waals surface area contributed by atoms with Crippen molar-refractivity contribution in [2.45, 2.75) is 6.04 Å². The van der Waals surface area contributed by atoms with Gasteiger partial charge in [0.15, 0.2) is 11.5 Å². The van der Waals surface area contributed by atoms with Crippen LogP contribution in [0.15, 0.2) is 48.0 Å². The molecule has 2 aliphatic heterocycles. The van der Waals surface area contributed by atoms with Crippen LogP contribution in [0.4, 0.5) is 0 Å². The average Bonchev–Trinajstić information content (AvgIpc) is 3.29. The van der Waals surface area contributed by atoms with Crippen LogP contribution in [0.25, 0.3) is 5.76 Å². The molecule has 156 valence electrons. The molecule has 1 fully saturated rings. The first-order chi connectivity index (χ1) is 14.4. The lowest BCUT2D eigenvalue weighted by atomic mass is 9.95. The van der Waals surface area contributed by atoms with E-state index in [4.69, 9.17) is 21.1 Å². The fraction of sp³-hybridized carbons (Fsp3) is 0.273. The Hall–Kier alpha value is -3.03. The molecule has 0 aromatic heterocycles. The minimum absolute atomic E-state index is 0.0416. The molecule has 1 N–H and O–H groups in total. The highest BCUT2D eigenvalue weighted by atomic mass is 35.5. The molecule has 2 aliphatic rings. The van der Waals surface area contributed by atoms with Gasteiger partial charge in [-0.1, -0.05) is 23.7 Å². The zero-order valence-corrected chi connectivity index (χ0v) is 17.3. The molecule has 7 nitrogen and oxygen atoms in total. The number of benzene rings is 2. The maximum atomic E-state index is 13.0. The predicted octanol–water partition coefficient (Wildman–Crippen LogP) is 3.05. The summed E-state index contributed by atoms with van der Waals surface area (Å²) in [6.07, 6.45) is 0. The van der Waals surface area contributed by atoms with E-state index in [9.17, 15) is 14.7 Å². The van der Waals surface area contributed by atoms with Crippen LogP contribution in [0.3, 0.4) is 0 Å². The third-order valence-electron chi connectivity index (χ3n) is 5.16. The van der Waals surface area contributed by atoms with Gasteiger partial charge in [0.1, 0.15) is 5.76 Å². The number of amides is 1. The van der Waals surface area contributed by atoms with Crippen LogP contribution >= 0.6 is 11.6 Å². The predicted molar refractivity (Wildman–Crippen MR) is 112 cm³/mol. The SMILES string of the molecule is CN(C)CCN1C(=O)C(=O)/C(=C(/O)c2ccc3c(c2)OCO3)C1c1ccc(Cl)cc1. The fourth-order valence-corrected chi connectivity index (χ4v) is 3.74. The molecule has 1 saturated heterocycles. The van der Waals surface area contributed by atoms with Crippen LogP contribution in [0, 0.1) is 0 Å². The van der Waals surface area contributed by atoms with Gasteiger partial charge in [0.2, 0.25) is 6.79 Å². The van der Waals surface area contributed by atoms with Crippen LogP contribution in [-0.2, 0) is 9.59 Å². The van der Waals surface area contributed by atoms with Crippen molar-refractivity contribution >= 4 is 29.1 Å². The molecule has 0 aliphatic carbocycles. The summed E-state index contributed by atoms with van der Waals surface area (Å²) in [6.45, 7) is 1.00. The van der Waals surface area contributed by atoms with Crippen LogP contribution in [0.5, 0.6) is 11.5 Å². The van der Waals surface area contributed by atoms with Gasteiger partial charge in [-0.3, -0.25) is 9.59 Å². The second-order valence-electron chi connectivity index (χ2n) is 7.42. The monoisotopic (exact) mass is 428 g/mol. The van der Waals surface area contributed by atoms with Gasteiger partial charge >= 0.3 is 0 Å². The Morgan fingerprint density at radius 2 is 1.83 bits per heavy atom. The van der Waals surface area contributed by atoms with Crippen LogP contribution in [0.2, 0.25) is 5.02 Å². The molecule has 1 atom stereocenters. The summed E-state index contributed by atoms with van der Waals surface area (Å²) in [6, 6.07) is 11.1. The topological polar surface area (TPSA) is 79.3 Å². The first kappa shape index (κ1) is 20.3. The molecule has 0 spiro atoms. The standard InChI is InChI=1S/C22H21ClN2O5/c1-24(2)9-10-25-19(13-3-6-15(23)7-4-13)18(21(27)22(25)28)20(26)14-5-8-16-17(11-14)30-12-29-16/h3-8,11,19,26H,9-10,12H2,1-2H3/b20-18+. The van der Waals surface area contributed by atoms with E-state index in [1.165, 1.54) is 4.90 Å². The molecule has 8 heteroatoms. The lowest BCUT2D eigenvalue weighted by molar-refractivity contribution is -0.140. The van der Waals surface area contributed by atoms with Gasteiger partial charge in [0, 0.05) is 23.7 Å². The summed E-state index contributed by atoms with van der Waals surface area (Å²) < 4.78 is 10.7. The quantitative estimate of drug-likeness (QED) is 0.448. The van der Waals surface area contributed by atoms with Crippen molar-refractivity contribution in [3.8, 4) is 11.5 Å². The van der Waals surface area contributed by atoms with Gasteiger partial charge in [-0.25, -0.2) is 0 Å². The highest BCUT2D eigenvalue weighted by Crippen LogP contribution is 2.41. The number of aliphatic hydroxyl groups excluding tert-OH is 1. The van der Waals surface area contributed by atoms with Crippen molar-refractivity contribution in [2.24, 2.45) is 0 Å². The number of Topliss-reactive ketones (excluding diaryl/α,β-unsaturated/α-hetero) is 1. The van der Waals surface area contributed by atoms with Crippen molar-refractivity contribution < 1.29 is 24.2 Å². The molecule has 4 rings (SSSR count). The zero-order chi connectivity index (χ0) is 21.4. The Labute approximate surface area is 179 Å². The summed E-state index contributed by atoms with van der Waals surface area (Å²) >= 11 is 6.02. The molecule has 2 aromatic rings. The van der Waals surface area contributed by atoms with Gasteiger partial charge in [0.25, 0.3) is 11.7 Å². The van der Waals surface area contributed by atoms with Crippen molar-refractivity contribution in [1.82, 2.24) is 9.80 Å². The maximum absolute atomic E-state index is 13.0. The molecule has 0 saturated carbocycles. The minimum atomic E-state index is -0.719. The lowest BCUT2D eigenvalue weighted by Gasteiger charge is -2.26. The van der Waals surface area contributed by atoms with E-state index in [1.54, 1.807) is 42.5 Å². The molecule has 2 aromatic carbocycles. The van der Waals surface area contributed by atoms with E-state index < -0.39 is 17.7 Å². The number of halogens is 1. The number of ketones is 1. The molecular formula is C22H21ClN2O5. The van der Waals surface area contributed by atoms with Gasteiger partial charge in [-0.05, 0) is 50.0 Å². The van der Waals surface area contributed by atoms with E-state index in [0.29, 0.717) is 40.7 Å². The van der Waals surface area contributed by atoms with Gasteiger partial charge in [-0.2, -0.15) is 0 Å². The number of likely N-dealkylation sites (N-methyl/N-ethyl adjacent to an activating group) is 1. The van der Waals surface area contributed by atoms with Gasteiger partial charge in [0.05, 0.1) is 11.6 Å².